The van der Waals surface area contributed by atoms with Gasteiger partial charge < -0.3 is 14.1 Å². The number of ether oxygens (including phenoxy) is 1. The summed E-state index contributed by atoms with van der Waals surface area (Å²) in [7, 11) is 0. The molecule has 1 aromatic heterocycles. The third-order valence-corrected chi connectivity index (χ3v) is 4.47. The van der Waals surface area contributed by atoms with Crippen LogP contribution < -0.4 is 4.90 Å². The highest BCUT2D eigenvalue weighted by molar-refractivity contribution is 6.38. The van der Waals surface area contributed by atoms with Gasteiger partial charge in [0.15, 0.2) is 11.3 Å². The highest BCUT2D eigenvalue weighted by Crippen LogP contribution is 2.40. The lowest BCUT2D eigenvalue weighted by Gasteiger charge is -2.28. The predicted molar refractivity (Wildman–Crippen MR) is 93.2 cm³/mol. The van der Waals surface area contributed by atoms with Crippen LogP contribution >= 0.6 is 23.2 Å². The fraction of sp³-hybridized carbons (Fsp3) is 0.412. The van der Waals surface area contributed by atoms with Crippen LogP contribution in [0.1, 0.15) is 26.0 Å². The summed E-state index contributed by atoms with van der Waals surface area (Å²) < 4.78 is 11.5. The molecule has 0 spiro atoms. The largest absolute Gasteiger partial charge is 0.453 e. The number of halogens is 2. The molecule has 5 heteroatoms. The first-order chi connectivity index (χ1) is 10.6. The number of allylic oxidation sites excluding steroid dienone is 1. The van der Waals surface area contributed by atoms with E-state index in [0.717, 1.165) is 49.6 Å². The molecule has 3 nitrogen and oxygen atoms in total. The van der Waals surface area contributed by atoms with Crippen molar-refractivity contribution in [1.29, 1.82) is 0 Å². The molecule has 1 saturated heterocycles. The fourth-order valence-corrected chi connectivity index (χ4v) is 3.20. The highest BCUT2D eigenvalue weighted by Gasteiger charge is 2.22. The van der Waals surface area contributed by atoms with Gasteiger partial charge in [-0.3, -0.25) is 0 Å². The van der Waals surface area contributed by atoms with Gasteiger partial charge in [0, 0.05) is 23.5 Å². The Morgan fingerprint density at radius 3 is 2.68 bits per heavy atom. The van der Waals surface area contributed by atoms with E-state index in [1.165, 1.54) is 5.57 Å². The first-order valence-corrected chi connectivity index (χ1v) is 8.27. The van der Waals surface area contributed by atoms with Crippen LogP contribution in [-0.2, 0) is 4.74 Å². The molecule has 0 saturated carbocycles. The van der Waals surface area contributed by atoms with Gasteiger partial charge in [0.05, 0.1) is 23.9 Å². The number of nitrogens with zero attached hydrogens (tertiary/aromatic N) is 1. The molecule has 22 heavy (non-hydrogen) atoms. The summed E-state index contributed by atoms with van der Waals surface area (Å²) in [6.07, 6.45) is 3.07. The molecule has 1 aliphatic heterocycles. The van der Waals surface area contributed by atoms with Crippen molar-refractivity contribution in [3.8, 4) is 0 Å². The van der Waals surface area contributed by atoms with Gasteiger partial charge >= 0.3 is 0 Å². The number of hydrogen-bond acceptors (Lipinski definition) is 3. The highest BCUT2D eigenvalue weighted by atomic mass is 35.5. The molecule has 0 amide bonds. The minimum absolute atomic E-state index is 0.547. The van der Waals surface area contributed by atoms with Crippen molar-refractivity contribution < 1.29 is 9.15 Å². The van der Waals surface area contributed by atoms with Gasteiger partial charge in [-0.15, -0.1) is 0 Å². The molecule has 1 aliphatic rings. The summed E-state index contributed by atoms with van der Waals surface area (Å²) >= 11 is 12.5. The van der Waals surface area contributed by atoms with E-state index in [0.29, 0.717) is 15.6 Å². The molecular weight excluding hydrogens is 321 g/mol. The molecule has 0 unspecified atom stereocenters. The normalized spacial score (nSPS) is 16.5. The second-order valence-corrected chi connectivity index (χ2v) is 6.37. The number of anilines is 1. The lowest BCUT2D eigenvalue weighted by atomic mass is 10.1. The van der Waals surface area contributed by atoms with Crippen LogP contribution in [0.25, 0.3) is 17.0 Å². The van der Waals surface area contributed by atoms with Gasteiger partial charge in [-0.1, -0.05) is 35.7 Å². The van der Waals surface area contributed by atoms with Crippen molar-refractivity contribution in [2.75, 3.05) is 31.2 Å². The van der Waals surface area contributed by atoms with Crippen molar-refractivity contribution in [1.82, 2.24) is 0 Å². The number of benzene rings is 1. The van der Waals surface area contributed by atoms with Gasteiger partial charge in [0.1, 0.15) is 0 Å². The quantitative estimate of drug-likeness (QED) is 0.749. The molecule has 0 aliphatic carbocycles. The van der Waals surface area contributed by atoms with E-state index in [1.807, 2.05) is 6.07 Å². The molecule has 1 fully saturated rings. The second kappa shape index (κ2) is 6.53. The van der Waals surface area contributed by atoms with E-state index in [9.17, 15) is 0 Å². The van der Waals surface area contributed by atoms with Gasteiger partial charge in [0.2, 0.25) is 0 Å². The molecule has 0 N–H and O–H groups in total. The summed E-state index contributed by atoms with van der Waals surface area (Å²) in [6, 6.07) is 3.65. The van der Waals surface area contributed by atoms with Gasteiger partial charge in [-0.25, -0.2) is 0 Å². The number of fused-ring (bicyclic) bond motifs is 1. The zero-order valence-electron chi connectivity index (χ0n) is 12.8. The predicted octanol–water partition coefficient (Wildman–Crippen LogP) is 5.39. The molecular formula is C17H19Cl2NO2. The summed E-state index contributed by atoms with van der Waals surface area (Å²) in [5.41, 5.74) is 3.02. The molecule has 0 radical (unpaired) electrons. The summed E-state index contributed by atoms with van der Waals surface area (Å²) in [6.45, 7) is 7.35. The average molecular weight is 340 g/mol. The van der Waals surface area contributed by atoms with Crippen LogP contribution in [0.4, 0.5) is 5.69 Å². The van der Waals surface area contributed by atoms with Crippen molar-refractivity contribution in [2.45, 2.75) is 20.3 Å². The van der Waals surface area contributed by atoms with E-state index < -0.39 is 0 Å². The lowest BCUT2D eigenvalue weighted by Crippen LogP contribution is -2.36. The second-order valence-electron chi connectivity index (χ2n) is 5.52. The number of hydrogen-bond donors (Lipinski definition) is 0. The van der Waals surface area contributed by atoms with Gasteiger partial charge in [-0.05, 0) is 31.6 Å². The lowest BCUT2D eigenvalue weighted by molar-refractivity contribution is 0.122. The monoisotopic (exact) mass is 339 g/mol. The Bertz CT molecular complexity index is 715. The Balaban J connectivity index is 2.21. The van der Waals surface area contributed by atoms with Crippen LogP contribution in [0, 0.1) is 0 Å². The summed E-state index contributed by atoms with van der Waals surface area (Å²) in [4.78, 5) is 2.29. The zero-order valence-corrected chi connectivity index (χ0v) is 14.3. The van der Waals surface area contributed by atoms with Crippen molar-refractivity contribution in [3.05, 3.63) is 33.5 Å². The van der Waals surface area contributed by atoms with Crippen LogP contribution in [0.5, 0.6) is 0 Å². The Morgan fingerprint density at radius 2 is 2.00 bits per heavy atom. The maximum Gasteiger partial charge on any atom is 0.155 e. The molecule has 118 valence electrons. The Labute approximate surface area is 140 Å². The van der Waals surface area contributed by atoms with E-state index in [2.05, 4.69) is 24.8 Å². The third-order valence-electron chi connectivity index (χ3n) is 3.97. The minimum atomic E-state index is 0.547. The standard InChI is InChI=1S/C17H19Cl2NO2/c1-3-11(2)8-15-16(20-4-6-21-7-5-20)13-9-12(18)10-14(19)17(13)22-15/h8-10H,3-7H2,1-2H3. The fourth-order valence-electron chi connectivity index (χ4n) is 2.67. The van der Waals surface area contributed by atoms with Crippen LogP contribution in [0.15, 0.2) is 22.1 Å². The molecule has 1 aromatic carbocycles. The molecule has 0 bridgehead atoms. The first kappa shape index (κ1) is 15.7. The van der Waals surface area contributed by atoms with Crippen LogP contribution in [0.3, 0.4) is 0 Å². The molecule has 2 aromatic rings. The Kier molecular flexibility index (Phi) is 4.67. The maximum atomic E-state index is 6.31. The maximum absolute atomic E-state index is 6.31. The molecule has 2 heterocycles. The van der Waals surface area contributed by atoms with E-state index in [-0.39, 0.29) is 0 Å². The Hall–Kier alpha value is -1.16. The van der Waals surface area contributed by atoms with E-state index in [4.69, 9.17) is 32.4 Å². The summed E-state index contributed by atoms with van der Waals surface area (Å²) in [5, 5.41) is 2.14. The first-order valence-electron chi connectivity index (χ1n) is 7.51. The van der Waals surface area contributed by atoms with E-state index in [1.54, 1.807) is 6.07 Å². The van der Waals surface area contributed by atoms with Gasteiger partial charge in [0.25, 0.3) is 0 Å². The van der Waals surface area contributed by atoms with Crippen molar-refractivity contribution in [2.24, 2.45) is 0 Å². The van der Waals surface area contributed by atoms with Crippen molar-refractivity contribution in [3.63, 3.8) is 0 Å². The smallest absolute Gasteiger partial charge is 0.155 e. The number of morpholine rings is 1. The number of furan rings is 1. The molecule has 3 rings (SSSR count). The van der Waals surface area contributed by atoms with Crippen molar-refractivity contribution >= 4 is 45.9 Å². The average Bonchev–Trinajstić information content (AvgIpc) is 2.86. The SMILES string of the molecule is CCC(C)=Cc1oc2c(Cl)cc(Cl)cc2c1N1CCOCC1. The van der Waals surface area contributed by atoms with Gasteiger partial charge in [-0.2, -0.15) is 0 Å². The molecule has 0 atom stereocenters. The van der Waals surface area contributed by atoms with E-state index >= 15 is 0 Å². The summed E-state index contributed by atoms with van der Waals surface area (Å²) in [5.74, 6) is 0.848. The number of rotatable bonds is 3. The van der Waals surface area contributed by atoms with Crippen LogP contribution in [0.2, 0.25) is 10.0 Å². The zero-order chi connectivity index (χ0) is 15.7. The minimum Gasteiger partial charge on any atom is -0.453 e. The van der Waals surface area contributed by atoms with Crippen LogP contribution in [-0.4, -0.2) is 26.3 Å². The Morgan fingerprint density at radius 1 is 1.27 bits per heavy atom. The topological polar surface area (TPSA) is 25.6 Å². The third kappa shape index (κ3) is 2.98.